The van der Waals surface area contributed by atoms with Crippen LogP contribution in [0.15, 0.2) is 18.3 Å². The minimum absolute atomic E-state index is 0.362. The molecule has 3 N–H and O–H groups in total. The van der Waals surface area contributed by atoms with E-state index in [9.17, 15) is 0 Å². The van der Waals surface area contributed by atoms with Gasteiger partial charge in [-0.05, 0) is 17.8 Å². The van der Waals surface area contributed by atoms with Gasteiger partial charge in [0.1, 0.15) is 0 Å². The fourth-order valence-corrected chi connectivity index (χ4v) is 1.49. The molecule has 0 amide bonds. The molecule has 0 aliphatic carbocycles. The molecule has 0 saturated carbocycles. The molecule has 0 saturated heterocycles. The minimum Gasteiger partial charge on any atom is -0.481 e. The third-order valence-electron chi connectivity index (χ3n) is 2.14. The van der Waals surface area contributed by atoms with Gasteiger partial charge in [0, 0.05) is 12.3 Å². The van der Waals surface area contributed by atoms with Crippen molar-refractivity contribution >= 4 is 18.2 Å². The number of ether oxygens (including phenoxy) is 1. The Kier molecular flexibility index (Phi) is 2.86. The Morgan fingerprint density at radius 3 is 2.88 bits per heavy atom. The summed E-state index contributed by atoms with van der Waals surface area (Å²) in [6.45, 7) is 0.540. The lowest BCUT2D eigenvalue weighted by molar-refractivity contribution is 0.397. The van der Waals surface area contributed by atoms with E-state index in [1.807, 2.05) is 6.07 Å². The number of rotatable bonds is 3. The molecule has 0 fully saturated rings. The zero-order chi connectivity index (χ0) is 11.5. The van der Waals surface area contributed by atoms with Gasteiger partial charge in [-0.3, -0.25) is 4.57 Å². The van der Waals surface area contributed by atoms with E-state index in [0.717, 1.165) is 5.56 Å². The molecule has 7 heteroatoms. The minimum atomic E-state index is 0.362. The van der Waals surface area contributed by atoms with Gasteiger partial charge in [0.05, 0.1) is 13.7 Å². The van der Waals surface area contributed by atoms with E-state index < -0.39 is 0 Å². The van der Waals surface area contributed by atoms with Crippen molar-refractivity contribution in [1.29, 1.82) is 0 Å². The molecule has 0 bridgehead atoms. The Labute approximate surface area is 97.1 Å². The maximum absolute atomic E-state index is 5.65. The SMILES string of the molecule is COc1ccc(Cn2c(N)n[nH]c2=S)cn1. The second-order valence-corrected chi connectivity index (χ2v) is 3.57. The molecule has 2 aromatic rings. The molecule has 2 heterocycles. The van der Waals surface area contributed by atoms with Gasteiger partial charge in [0.2, 0.25) is 11.8 Å². The first-order valence-corrected chi connectivity index (χ1v) is 5.01. The van der Waals surface area contributed by atoms with Crippen molar-refractivity contribution in [1.82, 2.24) is 19.7 Å². The summed E-state index contributed by atoms with van der Waals surface area (Å²) in [5.74, 6) is 0.938. The number of nitrogens with two attached hydrogens (primary N) is 1. The first-order chi connectivity index (χ1) is 7.70. The molecular weight excluding hydrogens is 226 g/mol. The number of nitrogens with one attached hydrogen (secondary N) is 1. The average molecular weight is 237 g/mol. The number of aromatic nitrogens is 4. The number of anilines is 1. The van der Waals surface area contributed by atoms with Gasteiger partial charge in [-0.2, -0.15) is 0 Å². The predicted molar refractivity (Wildman–Crippen MR) is 61.7 cm³/mol. The lowest BCUT2D eigenvalue weighted by Crippen LogP contribution is -2.05. The number of pyridine rings is 1. The van der Waals surface area contributed by atoms with Crippen LogP contribution < -0.4 is 10.5 Å². The van der Waals surface area contributed by atoms with Crippen LogP contribution in [0.3, 0.4) is 0 Å². The average Bonchev–Trinajstić information content (AvgIpc) is 2.62. The van der Waals surface area contributed by atoms with E-state index in [4.69, 9.17) is 22.7 Å². The van der Waals surface area contributed by atoms with Gasteiger partial charge in [0.15, 0.2) is 4.77 Å². The van der Waals surface area contributed by atoms with Crippen LogP contribution in [0.25, 0.3) is 0 Å². The lowest BCUT2D eigenvalue weighted by Gasteiger charge is -2.04. The maximum atomic E-state index is 5.65. The summed E-state index contributed by atoms with van der Waals surface area (Å²) in [6, 6.07) is 3.69. The van der Waals surface area contributed by atoms with Crippen molar-refractivity contribution in [3.05, 3.63) is 28.7 Å². The number of nitrogens with zero attached hydrogens (tertiary/aromatic N) is 3. The second-order valence-electron chi connectivity index (χ2n) is 3.18. The van der Waals surface area contributed by atoms with Crippen molar-refractivity contribution in [2.75, 3.05) is 12.8 Å². The Hall–Kier alpha value is -1.89. The first kappa shape index (κ1) is 10.6. The topological polar surface area (TPSA) is 81.8 Å². The van der Waals surface area contributed by atoms with Crippen LogP contribution in [0.1, 0.15) is 5.56 Å². The maximum Gasteiger partial charge on any atom is 0.220 e. The fraction of sp³-hybridized carbons (Fsp3) is 0.222. The highest BCUT2D eigenvalue weighted by atomic mass is 32.1. The zero-order valence-electron chi connectivity index (χ0n) is 8.67. The van der Waals surface area contributed by atoms with Gasteiger partial charge in [-0.1, -0.05) is 6.07 Å². The molecule has 0 atom stereocenters. The zero-order valence-corrected chi connectivity index (χ0v) is 9.49. The van der Waals surface area contributed by atoms with Gasteiger partial charge in [-0.25, -0.2) is 10.1 Å². The standard InChI is InChI=1S/C9H11N5OS/c1-15-7-3-2-6(4-11-7)5-14-8(10)12-13-9(14)16/h2-4H,5H2,1H3,(H2,10,12)(H,13,16). The first-order valence-electron chi connectivity index (χ1n) is 4.60. The van der Waals surface area contributed by atoms with Crippen LogP contribution in [0, 0.1) is 4.77 Å². The Morgan fingerprint density at radius 1 is 1.56 bits per heavy atom. The monoisotopic (exact) mass is 237 g/mol. The second kappa shape index (κ2) is 4.31. The van der Waals surface area contributed by atoms with E-state index in [0.29, 0.717) is 23.1 Å². The fourth-order valence-electron chi connectivity index (χ4n) is 1.29. The van der Waals surface area contributed by atoms with Crippen LogP contribution in [-0.4, -0.2) is 26.9 Å². The van der Waals surface area contributed by atoms with Crippen molar-refractivity contribution in [3.63, 3.8) is 0 Å². The summed E-state index contributed by atoms with van der Waals surface area (Å²) in [5.41, 5.74) is 6.63. The van der Waals surface area contributed by atoms with Gasteiger partial charge in [-0.15, -0.1) is 5.10 Å². The molecule has 84 valence electrons. The number of H-pyrrole nitrogens is 1. The Morgan fingerprint density at radius 2 is 2.38 bits per heavy atom. The largest absolute Gasteiger partial charge is 0.481 e. The third kappa shape index (κ3) is 2.03. The van der Waals surface area contributed by atoms with E-state index in [2.05, 4.69) is 15.2 Å². The van der Waals surface area contributed by atoms with E-state index in [1.54, 1.807) is 23.9 Å². The van der Waals surface area contributed by atoms with Crippen LogP contribution in [0.2, 0.25) is 0 Å². The molecule has 2 rings (SSSR count). The van der Waals surface area contributed by atoms with E-state index in [1.165, 1.54) is 0 Å². The Balaban J connectivity index is 2.24. The van der Waals surface area contributed by atoms with Gasteiger partial charge in [0.25, 0.3) is 0 Å². The summed E-state index contributed by atoms with van der Waals surface area (Å²) in [4.78, 5) is 4.10. The van der Waals surface area contributed by atoms with Crippen molar-refractivity contribution < 1.29 is 4.74 Å². The van der Waals surface area contributed by atoms with Gasteiger partial charge < -0.3 is 10.5 Å². The molecule has 2 aromatic heterocycles. The highest BCUT2D eigenvalue weighted by molar-refractivity contribution is 7.71. The quantitative estimate of drug-likeness (QED) is 0.777. The highest BCUT2D eigenvalue weighted by Gasteiger charge is 2.03. The van der Waals surface area contributed by atoms with E-state index >= 15 is 0 Å². The summed E-state index contributed by atoms with van der Waals surface area (Å²) in [7, 11) is 1.58. The molecule has 16 heavy (non-hydrogen) atoms. The summed E-state index contributed by atoms with van der Waals surface area (Å²) in [6.07, 6.45) is 1.72. The molecular formula is C9H11N5OS. The number of hydrogen-bond acceptors (Lipinski definition) is 5. The molecule has 6 nitrogen and oxygen atoms in total. The smallest absolute Gasteiger partial charge is 0.220 e. The molecule has 0 unspecified atom stereocenters. The predicted octanol–water partition coefficient (Wildman–Crippen LogP) is 0.975. The van der Waals surface area contributed by atoms with E-state index in [-0.39, 0.29) is 0 Å². The normalized spacial score (nSPS) is 10.3. The molecule has 0 aromatic carbocycles. The Bertz CT molecular complexity index is 530. The van der Waals surface area contributed by atoms with Crippen LogP contribution in [-0.2, 0) is 6.54 Å². The van der Waals surface area contributed by atoms with Crippen LogP contribution in [0.4, 0.5) is 5.95 Å². The van der Waals surface area contributed by atoms with Gasteiger partial charge >= 0.3 is 0 Å². The number of aromatic amines is 1. The molecule has 0 aliphatic rings. The van der Waals surface area contributed by atoms with Crippen molar-refractivity contribution in [2.24, 2.45) is 0 Å². The number of methoxy groups -OCH3 is 1. The highest BCUT2D eigenvalue weighted by Crippen LogP contribution is 2.09. The molecule has 0 aliphatic heterocycles. The summed E-state index contributed by atoms with van der Waals surface area (Å²) < 4.78 is 7.16. The summed E-state index contributed by atoms with van der Waals surface area (Å²) >= 11 is 5.04. The molecule has 0 radical (unpaired) electrons. The van der Waals surface area contributed by atoms with Crippen LogP contribution >= 0.6 is 12.2 Å². The van der Waals surface area contributed by atoms with Crippen LogP contribution in [0.5, 0.6) is 5.88 Å². The number of hydrogen-bond donors (Lipinski definition) is 2. The summed E-state index contributed by atoms with van der Waals surface area (Å²) in [5, 5.41) is 6.45. The van der Waals surface area contributed by atoms with Crippen molar-refractivity contribution in [3.8, 4) is 5.88 Å². The third-order valence-corrected chi connectivity index (χ3v) is 2.45. The molecule has 0 spiro atoms. The lowest BCUT2D eigenvalue weighted by atomic mass is 10.3. The van der Waals surface area contributed by atoms with Crippen molar-refractivity contribution in [2.45, 2.75) is 6.54 Å². The number of nitrogen functional groups attached to an aromatic ring is 1.